The molecule has 0 radical (unpaired) electrons. The van der Waals surface area contributed by atoms with E-state index in [1.807, 2.05) is 20.8 Å². The molecule has 0 heterocycles. The molecule has 1 aliphatic rings. The Morgan fingerprint density at radius 1 is 1.35 bits per heavy atom. The van der Waals surface area contributed by atoms with Gasteiger partial charge in [-0.1, -0.05) is 0 Å². The second-order valence-corrected chi connectivity index (χ2v) is 5.90. The highest BCUT2D eigenvalue weighted by Gasteiger charge is 2.22. The van der Waals surface area contributed by atoms with Gasteiger partial charge in [0.05, 0.1) is 12.6 Å². The van der Waals surface area contributed by atoms with E-state index in [0.717, 1.165) is 19.3 Å². The Hall–Kier alpha value is -0.610. The molecule has 2 atom stereocenters. The van der Waals surface area contributed by atoms with E-state index in [-0.39, 0.29) is 11.4 Å². The number of carbonyl (C=O) groups is 1. The van der Waals surface area contributed by atoms with Crippen molar-refractivity contribution in [2.45, 2.75) is 64.1 Å². The van der Waals surface area contributed by atoms with Crippen molar-refractivity contribution in [3.05, 3.63) is 0 Å². The van der Waals surface area contributed by atoms with Crippen LogP contribution in [0.25, 0.3) is 0 Å². The molecule has 0 aromatic rings. The summed E-state index contributed by atoms with van der Waals surface area (Å²) in [4.78, 5) is 11.6. The van der Waals surface area contributed by atoms with Gasteiger partial charge >= 0.3 is 0 Å². The first kappa shape index (κ1) is 14.5. The summed E-state index contributed by atoms with van der Waals surface area (Å²) < 4.78 is 5.37. The minimum atomic E-state index is -0.152. The lowest BCUT2D eigenvalue weighted by atomic mass is 9.93. The third kappa shape index (κ3) is 6.03. The molecule has 0 saturated heterocycles. The highest BCUT2D eigenvalue weighted by atomic mass is 16.5. The number of amides is 1. The summed E-state index contributed by atoms with van der Waals surface area (Å²) in [6.07, 6.45) is 4.83. The number of ether oxygens (including phenoxy) is 1. The Morgan fingerprint density at radius 2 is 2.06 bits per heavy atom. The lowest BCUT2D eigenvalue weighted by molar-refractivity contribution is -0.121. The number of hydrogen-bond acceptors (Lipinski definition) is 3. The Balaban J connectivity index is 2.23. The first-order valence-electron chi connectivity index (χ1n) is 6.48. The summed E-state index contributed by atoms with van der Waals surface area (Å²) >= 11 is 0. The van der Waals surface area contributed by atoms with E-state index < -0.39 is 0 Å². The number of nitrogens with one attached hydrogen (secondary N) is 2. The lowest BCUT2D eigenvalue weighted by Gasteiger charge is -2.29. The van der Waals surface area contributed by atoms with E-state index in [1.165, 1.54) is 6.42 Å². The molecule has 4 nitrogen and oxygen atoms in total. The van der Waals surface area contributed by atoms with Crippen molar-refractivity contribution < 1.29 is 9.53 Å². The molecule has 0 spiro atoms. The smallest absolute Gasteiger partial charge is 0.234 e. The minimum Gasteiger partial charge on any atom is -0.381 e. The molecule has 100 valence electrons. The molecule has 4 heteroatoms. The van der Waals surface area contributed by atoms with Gasteiger partial charge in [0.1, 0.15) is 0 Å². The molecule has 1 saturated carbocycles. The van der Waals surface area contributed by atoms with Crippen LogP contribution in [0, 0.1) is 0 Å². The maximum atomic E-state index is 11.6. The van der Waals surface area contributed by atoms with Crippen molar-refractivity contribution in [3.8, 4) is 0 Å². The molecule has 17 heavy (non-hydrogen) atoms. The summed E-state index contributed by atoms with van der Waals surface area (Å²) in [7, 11) is 1.76. The van der Waals surface area contributed by atoms with Crippen molar-refractivity contribution in [2.75, 3.05) is 13.7 Å². The van der Waals surface area contributed by atoms with Crippen LogP contribution >= 0.6 is 0 Å². The summed E-state index contributed by atoms with van der Waals surface area (Å²) in [5.74, 6) is 0.0667. The van der Waals surface area contributed by atoms with Crippen LogP contribution in [0.2, 0.25) is 0 Å². The minimum absolute atomic E-state index is 0.0667. The van der Waals surface area contributed by atoms with E-state index in [4.69, 9.17) is 4.74 Å². The van der Waals surface area contributed by atoms with Crippen LogP contribution in [0.3, 0.4) is 0 Å². The lowest BCUT2D eigenvalue weighted by Crippen LogP contribution is -2.47. The second kappa shape index (κ2) is 6.36. The van der Waals surface area contributed by atoms with Crippen molar-refractivity contribution >= 4 is 5.91 Å². The van der Waals surface area contributed by atoms with Crippen LogP contribution in [0.4, 0.5) is 0 Å². The van der Waals surface area contributed by atoms with Gasteiger partial charge in [0.15, 0.2) is 0 Å². The van der Waals surface area contributed by atoms with Crippen LogP contribution in [0.5, 0.6) is 0 Å². The van der Waals surface area contributed by atoms with Gasteiger partial charge in [0, 0.05) is 18.7 Å². The molecule has 0 aliphatic heterocycles. The Kier molecular flexibility index (Phi) is 5.40. The van der Waals surface area contributed by atoms with Gasteiger partial charge in [-0.2, -0.15) is 0 Å². The molecular weight excluding hydrogens is 216 g/mol. The van der Waals surface area contributed by atoms with Crippen molar-refractivity contribution in [3.63, 3.8) is 0 Å². The van der Waals surface area contributed by atoms with Crippen LogP contribution in [-0.2, 0) is 9.53 Å². The number of rotatable bonds is 4. The standard InChI is InChI=1S/C13H26N2O2/c1-13(2,3)15-12(16)9-14-10-6-5-7-11(8-10)17-4/h10-11,14H,5-9H2,1-4H3,(H,15,16). The molecule has 2 unspecified atom stereocenters. The van der Waals surface area contributed by atoms with Gasteiger partial charge in [-0.05, 0) is 46.5 Å². The fraction of sp³-hybridized carbons (Fsp3) is 0.923. The fourth-order valence-electron chi connectivity index (χ4n) is 2.24. The molecule has 0 bridgehead atoms. The van der Waals surface area contributed by atoms with Crippen molar-refractivity contribution in [1.82, 2.24) is 10.6 Å². The fourth-order valence-corrected chi connectivity index (χ4v) is 2.24. The third-order valence-corrected chi connectivity index (χ3v) is 3.03. The van der Waals surface area contributed by atoms with Gasteiger partial charge in [-0.15, -0.1) is 0 Å². The van der Waals surface area contributed by atoms with Crippen LogP contribution in [0.15, 0.2) is 0 Å². The quantitative estimate of drug-likeness (QED) is 0.784. The van der Waals surface area contributed by atoms with Gasteiger partial charge in [-0.3, -0.25) is 4.79 Å². The summed E-state index contributed by atoms with van der Waals surface area (Å²) in [6.45, 7) is 6.38. The molecule has 2 N–H and O–H groups in total. The van der Waals surface area contributed by atoms with Crippen LogP contribution in [-0.4, -0.2) is 37.2 Å². The van der Waals surface area contributed by atoms with E-state index in [1.54, 1.807) is 7.11 Å². The maximum absolute atomic E-state index is 11.6. The Bertz CT molecular complexity index is 248. The average Bonchev–Trinajstić information content (AvgIpc) is 2.24. The molecule has 0 aromatic carbocycles. The predicted octanol–water partition coefficient (Wildman–Crippen LogP) is 1.45. The van der Waals surface area contributed by atoms with E-state index in [9.17, 15) is 4.79 Å². The van der Waals surface area contributed by atoms with Gasteiger partial charge in [0.2, 0.25) is 5.91 Å². The van der Waals surface area contributed by atoms with E-state index in [0.29, 0.717) is 18.7 Å². The number of carbonyl (C=O) groups excluding carboxylic acids is 1. The Labute approximate surface area is 104 Å². The second-order valence-electron chi connectivity index (χ2n) is 5.90. The molecule has 1 rings (SSSR count). The summed E-state index contributed by atoms with van der Waals surface area (Å²) in [5, 5.41) is 6.27. The van der Waals surface area contributed by atoms with Crippen LogP contribution < -0.4 is 10.6 Å². The zero-order valence-corrected chi connectivity index (χ0v) is 11.5. The predicted molar refractivity (Wildman–Crippen MR) is 69.0 cm³/mol. The first-order chi connectivity index (χ1) is 7.90. The average molecular weight is 242 g/mol. The largest absolute Gasteiger partial charge is 0.381 e. The third-order valence-electron chi connectivity index (χ3n) is 3.03. The monoisotopic (exact) mass is 242 g/mol. The normalized spacial score (nSPS) is 25.6. The van der Waals surface area contributed by atoms with E-state index >= 15 is 0 Å². The summed E-state index contributed by atoms with van der Waals surface area (Å²) in [5.41, 5.74) is -0.152. The highest BCUT2D eigenvalue weighted by molar-refractivity contribution is 5.78. The Morgan fingerprint density at radius 3 is 2.65 bits per heavy atom. The summed E-state index contributed by atoms with van der Waals surface area (Å²) in [6, 6.07) is 0.416. The highest BCUT2D eigenvalue weighted by Crippen LogP contribution is 2.20. The maximum Gasteiger partial charge on any atom is 0.234 e. The molecule has 1 aliphatic carbocycles. The zero-order valence-electron chi connectivity index (χ0n) is 11.5. The van der Waals surface area contributed by atoms with E-state index in [2.05, 4.69) is 10.6 Å². The molecule has 1 fully saturated rings. The molecule has 1 amide bonds. The molecule has 0 aromatic heterocycles. The van der Waals surface area contributed by atoms with Crippen LogP contribution in [0.1, 0.15) is 46.5 Å². The van der Waals surface area contributed by atoms with Crippen molar-refractivity contribution in [2.24, 2.45) is 0 Å². The number of methoxy groups -OCH3 is 1. The van der Waals surface area contributed by atoms with Crippen molar-refractivity contribution in [1.29, 1.82) is 0 Å². The topological polar surface area (TPSA) is 50.4 Å². The van der Waals surface area contributed by atoms with Gasteiger partial charge in [0.25, 0.3) is 0 Å². The SMILES string of the molecule is COC1CCCC(NCC(=O)NC(C)(C)C)C1. The first-order valence-corrected chi connectivity index (χ1v) is 6.48. The van der Waals surface area contributed by atoms with Gasteiger partial charge in [-0.25, -0.2) is 0 Å². The number of hydrogen-bond donors (Lipinski definition) is 2. The van der Waals surface area contributed by atoms with Gasteiger partial charge < -0.3 is 15.4 Å². The molecular formula is C13H26N2O2. The zero-order chi connectivity index (χ0) is 12.9.